The topological polar surface area (TPSA) is 84.7 Å². The molecule has 2 aliphatic heterocycles. The molecule has 1 aromatic carbocycles. The van der Waals surface area contributed by atoms with E-state index in [4.69, 9.17) is 5.26 Å². The van der Waals surface area contributed by atoms with Crippen LogP contribution in [0.1, 0.15) is 31.2 Å². The molecule has 28 heavy (non-hydrogen) atoms. The van der Waals surface area contributed by atoms with Crippen LogP contribution in [0.25, 0.3) is 0 Å². The molecule has 0 saturated carbocycles. The monoisotopic (exact) mass is 404 g/mol. The fraction of sp³-hybridized carbons (Fsp3) is 0.600. The molecule has 0 aromatic heterocycles. The van der Waals surface area contributed by atoms with Gasteiger partial charge in [-0.05, 0) is 63.0 Å². The Labute approximate surface area is 167 Å². The van der Waals surface area contributed by atoms with E-state index in [0.717, 1.165) is 38.9 Å². The molecule has 2 saturated heterocycles. The van der Waals surface area contributed by atoms with Crippen LogP contribution in [0.5, 0.6) is 0 Å². The van der Waals surface area contributed by atoms with Crippen LogP contribution in [0.15, 0.2) is 29.2 Å². The number of carbonyl (C=O) groups excluding carboxylic acids is 1. The summed E-state index contributed by atoms with van der Waals surface area (Å²) in [5.74, 6) is 0.208. The number of rotatable bonds is 5. The molecule has 1 amide bonds. The Hall–Kier alpha value is -1.95. The van der Waals surface area contributed by atoms with Crippen LogP contribution < -0.4 is 0 Å². The molecule has 2 aliphatic rings. The van der Waals surface area contributed by atoms with Crippen molar-refractivity contribution < 1.29 is 13.2 Å². The van der Waals surface area contributed by atoms with E-state index in [0.29, 0.717) is 25.1 Å². The first-order valence-electron chi connectivity index (χ1n) is 9.69. The third-order valence-electron chi connectivity index (χ3n) is 5.97. The second kappa shape index (κ2) is 8.19. The molecular weight excluding hydrogens is 376 g/mol. The lowest BCUT2D eigenvalue weighted by Gasteiger charge is -2.47. The third-order valence-corrected chi connectivity index (χ3v) is 7.88. The van der Waals surface area contributed by atoms with Gasteiger partial charge in [-0.1, -0.05) is 0 Å². The quantitative estimate of drug-likeness (QED) is 0.743. The van der Waals surface area contributed by atoms with Gasteiger partial charge in [-0.15, -0.1) is 0 Å². The average molecular weight is 405 g/mol. The third kappa shape index (κ3) is 4.37. The number of hydrogen-bond donors (Lipinski definition) is 0. The molecule has 0 bridgehead atoms. The fourth-order valence-corrected chi connectivity index (χ4v) is 5.53. The zero-order valence-corrected chi connectivity index (χ0v) is 17.4. The molecule has 152 valence electrons. The van der Waals surface area contributed by atoms with Crippen molar-refractivity contribution in [1.29, 1.82) is 5.26 Å². The fourth-order valence-electron chi connectivity index (χ4n) is 4.09. The smallest absolute Gasteiger partial charge is 0.243 e. The van der Waals surface area contributed by atoms with Gasteiger partial charge in [-0.3, -0.25) is 4.79 Å². The minimum Gasteiger partial charge on any atom is -0.341 e. The largest absolute Gasteiger partial charge is 0.341 e. The van der Waals surface area contributed by atoms with E-state index < -0.39 is 10.0 Å². The Morgan fingerprint density at radius 1 is 1.14 bits per heavy atom. The lowest BCUT2D eigenvalue weighted by Crippen LogP contribution is -2.53. The first kappa shape index (κ1) is 20.8. The van der Waals surface area contributed by atoms with E-state index in [1.165, 1.54) is 24.3 Å². The minimum atomic E-state index is -3.55. The molecule has 0 N–H and O–H groups in total. The highest BCUT2D eigenvalue weighted by Crippen LogP contribution is 2.41. The Morgan fingerprint density at radius 3 is 2.36 bits per heavy atom. The number of benzene rings is 1. The maximum atomic E-state index is 12.9. The van der Waals surface area contributed by atoms with Gasteiger partial charge in [0.05, 0.1) is 16.5 Å². The summed E-state index contributed by atoms with van der Waals surface area (Å²) in [5, 5.41) is 8.89. The summed E-state index contributed by atoms with van der Waals surface area (Å²) < 4.78 is 27.4. The zero-order chi connectivity index (χ0) is 20.4. The van der Waals surface area contributed by atoms with Crippen LogP contribution in [-0.2, 0) is 14.8 Å². The van der Waals surface area contributed by atoms with Crippen LogP contribution in [0.3, 0.4) is 0 Å². The molecular formula is C20H28N4O3S. The van der Waals surface area contributed by atoms with Gasteiger partial charge in [0.25, 0.3) is 0 Å². The Bertz CT molecular complexity index is 850. The molecule has 0 radical (unpaired) electrons. The number of amides is 1. The van der Waals surface area contributed by atoms with E-state index in [-0.39, 0.29) is 16.2 Å². The number of likely N-dealkylation sites (N-methyl/N-ethyl adjacent to an activating group) is 1. The second-order valence-corrected chi connectivity index (χ2v) is 10.1. The molecule has 2 heterocycles. The first-order valence-corrected chi connectivity index (χ1v) is 11.1. The van der Waals surface area contributed by atoms with Gasteiger partial charge >= 0.3 is 0 Å². The highest BCUT2D eigenvalue weighted by molar-refractivity contribution is 7.89. The van der Waals surface area contributed by atoms with E-state index >= 15 is 0 Å². The van der Waals surface area contributed by atoms with Crippen molar-refractivity contribution >= 4 is 15.9 Å². The van der Waals surface area contributed by atoms with Gasteiger partial charge in [0.15, 0.2) is 0 Å². The number of nitriles is 1. The molecule has 0 atom stereocenters. The maximum Gasteiger partial charge on any atom is 0.243 e. The van der Waals surface area contributed by atoms with Gasteiger partial charge in [0.2, 0.25) is 15.9 Å². The number of sulfonamides is 1. The highest BCUT2D eigenvalue weighted by atomic mass is 32.2. The lowest BCUT2D eigenvalue weighted by molar-refractivity contribution is -0.138. The van der Waals surface area contributed by atoms with Crippen molar-refractivity contribution in [2.45, 2.75) is 30.6 Å². The number of hydrogen-bond acceptors (Lipinski definition) is 5. The van der Waals surface area contributed by atoms with Gasteiger partial charge in [0, 0.05) is 39.1 Å². The normalized spacial score (nSPS) is 20.5. The van der Waals surface area contributed by atoms with Crippen molar-refractivity contribution in [2.75, 3.05) is 46.8 Å². The Balaban J connectivity index is 1.66. The summed E-state index contributed by atoms with van der Waals surface area (Å²) >= 11 is 0. The van der Waals surface area contributed by atoms with Crippen molar-refractivity contribution in [3.63, 3.8) is 0 Å². The zero-order valence-electron chi connectivity index (χ0n) is 16.6. The van der Waals surface area contributed by atoms with E-state index in [1.807, 2.05) is 25.1 Å². The lowest BCUT2D eigenvalue weighted by atomic mass is 9.72. The van der Waals surface area contributed by atoms with Crippen molar-refractivity contribution in [1.82, 2.24) is 14.1 Å². The maximum absolute atomic E-state index is 12.9. The summed E-state index contributed by atoms with van der Waals surface area (Å²) in [7, 11) is 0.442. The first-order chi connectivity index (χ1) is 13.3. The Kier molecular flexibility index (Phi) is 6.08. The molecule has 8 heteroatoms. The van der Waals surface area contributed by atoms with Crippen LogP contribution in [-0.4, -0.2) is 75.2 Å². The van der Waals surface area contributed by atoms with E-state index in [1.54, 1.807) is 4.31 Å². The van der Waals surface area contributed by atoms with Crippen molar-refractivity contribution in [3.8, 4) is 6.07 Å². The minimum absolute atomic E-state index is 0.0247. The average Bonchev–Trinajstić information content (AvgIpc) is 2.69. The number of carbonyl (C=O) groups is 1. The van der Waals surface area contributed by atoms with Gasteiger partial charge < -0.3 is 9.80 Å². The number of nitrogens with zero attached hydrogens (tertiary/aromatic N) is 4. The summed E-state index contributed by atoms with van der Waals surface area (Å²) in [6.45, 7) is 3.22. The Morgan fingerprint density at radius 2 is 1.79 bits per heavy atom. The molecule has 0 aliphatic carbocycles. The van der Waals surface area contributed by atoms with Gasteiger partial charge in [0.1, 0.15) is 0 Å². The van der Waals surface area contributed by atoms with Crippen LogP contribution in [0, 0.1) is 16.7 Å². The highest BCUT2D eigenvalue weighted by Gasteiger charge is 2.43. The summed E-state index contributed by atoms with van der Waals surface area (Å²) in [6, 6.07) is 8.08. The number of likely N-dealkylation sites (tertiary alicyclic amines) is 1. The molecule has 1 aromatic rings. The molecule has 3 rings (SSSR count). The summed E-state index contributed by atoms with van der Waals surface area (Å²) in [6.07, 6.45) is 2.94. The molecule has 2 fully saturated rings. The number of piperidine rings is 2. The summed E-state index contributed by atoms with van der Waals surface area (Å²) in [4.78, 5) is 16.5. The van der Waals surface area contributed by atoms with Crippen LogP contribution in [0.2, 0.25) is 0 Å². The van der Waals surface area contributed by atoms with Crippen LogP contribution in [0.4, 0.5) is 0 Å². The SMILES string of the molecule is CN(C)CCN1CC2(CCC1=O)CCN(S(=O)(=O)c1ccc(C#N)cc1)CC2. The van der Waals surface area contributed by atoms with E-state index in [9.17, 15) is 13.2 Å². The van der Waals surface area contributed by atoms with E-state index in [2.05, 4.69) is 4.90 Å². The standard InChI is InChI=1S/C20H28N4O3S/c1-22(2)13-14-23-16-20(8-7-19(23)25)9-11-24(12-10-20)28(26,27)18-5-3-17(15-21)4-6-18/h3-6H,7-14,16H2,1-2H3. The molecule has 0 unspecified atom stereocenters. The molecule has 1 spiro atoms. The van der Waals surface area contributed by atoms with Crippen molar-refractivity contribution in [3.05, 3.63) is 29.8 Å². The van der Waals surface area contributed by atoms with Crippen molar-refractivity contribution in [2.24, 2.45) is 5.41 Å². The predicted molar refractivity (Wildman–Crippen MR) is 106 cm³/mol. The second-order valence-electron chi connectivity index (χ2n) is 8.16. The summed E-state index contributed by atoms with van der Waals surface area (Å²) in [5.41, 5.74) is 0.470. The molecule has 7 nitrogen and oxygen atoms in total. The predicted octanol–water partition coefficient (Wildman–Crippen LogP) is 1.51. The van der Waals surface area contributed by atoms with Gasteiger partial charge in [-0.25, -0.2) is 8.42 Å². The van der Waals surface area contributed by atoms with Crippen LogP contribution >= 0.6 is 0 Å². The van der Waals surface area contributed by atoms with Gasteiger partial charge in [-0.2, -0.15) is 9.57 Å².